The van der Waals surface area contributed by atoms with Crippen molar-refractivity contribution in [2.24, 2.45) is 22.2 Å². The van der Waals surface area contributed by atoms with Crippen LogP contribution < -0.4 is 27.8 Å². The van der Waals surface area contributed by atoms with Crippen molar-refractivity contribution in [2.75, 3.05) is 13.1 Å². The monoisotopic (exact) mass is 558 g/mol. The number of carbonyl (C=O) groups is 4. The van der Waals surface area contributed by atoms with Gasteiger partial charge in [0.15, 0.2) is 5.96 Å². The highest BCUT2D eigenvalue weighted by Crippen LogP contribution is 2.21. The number of fused-ring (bicyclic) bond motifs is 1. The third-order valence-corrected chi connectivity index (χ3v) is 6.94. The molecule has 40 heavy (non-hydrogen) atoms. The van der Waals surface area contributed by atoms with E-state index in [-0.39, 0.29) is 31.9 Å². The van der Waals surface area contributed by atoms with Crippen molar-refractivity contribution < 1.29 is 29.4 Å². The number of H-pyrrole nitrogens is 1. The lowest BCUT2D eigenvalue weighted by atomic mass is 10.0. The number of guanidine groups is 1. The van der Waals surface area contributed by atoms with Crippen LogP contribution in [0, 0.1) is 0 Å². The number of nitrogens with two attached hydrogens (primary N) is 3. The van der Waals surface area contributed by atoms with E-state index >= 15 is 0 Å². The summed E-state index contributed by atoms with van der Waals surface area (Å²) in [5, 5.41) is 25.7. The fourth-order valence-electron chi connectivity index (χ4n) is 4.73. The number of hydrogen-bond acceptors (Lipinski definition) is 7. The molecule has 5 atom stereocenters. The van der Waals surface area contributed by atoms with Gasteiger partial charge in [-0.25, -0.2) is 4.79 Å². The number of nitrogens with zero attached hydrogens (tertiary/aromatic N) is 2. The number of aliphatic imine (C=N–C) groups is 1. The molecule has 11 N–H and O–H groups in total. The van der Waals surface area contributed by atoms with Crippen molar-refractivity contribution in [2.45, 2.75) is 69.3 Å². The number of aliphatic hydroxyl groups is 1. The van der Waals surface area contributed by atoms with Gasteiger partial charge >= 0.3 is 5.97 Å². The van der Waals surface area contributed by atoms with E-state index in [1.165, 1.54) is 11.8 Å². The third-order valence-electron chi connectivity index (χ3n) is 6.94. The summed E-state index contributed by atoms with van der Waals surface area (Å²) in [4.78, 5) is 59.7. The Bertz CT molecular complexity index is 1240. The number of amides is 3. The second-order valence-electron chi connectivity index (χ2n) is 9.93. The van der Waals surface area contributed by atoms with Crippen LogP contribution in [-0.2, 0) is 25.6 Å². The molecule has 0 saturated carbocycles. The van der Waals surface area contributed by atoms with Gasteiger partial charge in [0.25, 0.3) is 0 Å². The maximum absolute atomic E-state index is 13.3. The second kappa shape index (κ2) is 13.8. The number of likely N-dealkylation sites (tertiary alicyclic amines) is 1. The number of para-hydroxylation sites is 1. The number of aliphatic carboxylic acids is 1. The molecule has 3 rings (SSSR count). The van der Waals surface area contributed by atoms with Crippen LogP contribution in [0.3, 0.4) is 0 Å². The Balaban J connectivity index is 1.74. The summed E-state index contributed by atoms with van der Waals surface area (Å²) in [6.45, 7) is 1.86. The van der Waals surface area contributed by atoms with E-state index < -0.39 is 54.0 Å². The summed E-state index contributed by atoms with van der Waals surface area (Å²) in [7, 11) is 0. The predicted octanol–water partition coefficient (Wildman–Crippen LogP) is -1.48. The van der Waals surface area contributed by atoms with Gasteiger partial charge in [0, 0.05) is 36.6 Å². The van der Waals surface area contributed by atoms with E-state index in [0.29, 0.717) is 24.8 Å². The molecule has 2 heterocycles. The number of benzene rings is 1. The summed E-state index contributed by atoms with van der Waals surface area (Å²) in [6.07, 6.45) is 1.94. The normalized spacial score (nSPS) is 18.0. The second-order valence-corrected chi connectivity index (χ2v) is 9.93. The molecule has 0 bridgehead atoms. The standard InChI is InChI=1S/C26H38N8O6/c1-14(35)21(27)24(38)34-11-5-9-20(34)23(37)32-18(8-4-10-30-26(28)29)22(36)33-19(25(39)40)12-15-13-31-17-7-3-2-6-16(15)17/h2-3,6-7,13-14,18-21,31,35H,4-5,8-12,27H2,1H3,(H,32,37)(H,33,36)(H,39,40)(H4,28,29,30). The number of aromatic nitrogens is 1. The minimum Gasteiger partial charge on any atom is -0.480 e. The van der Waals surface area contributed by atoms with Crippen LogP contribution in [0.2, 0.25) is 0 Å². The minimum atomic E-state index is -1.27. The van der Waals surface area contributed by atoms with Crippen molar-refractivity contribution in [3.8, 4) is 0 Å². The molecule has 0 aliphatic carbocycles. The number of carboxylic acid groups (broad SMARTS) is 1. The highest BCUT2D eigenvalue weighted by molar-refractivity contribution is 5.94. The van der Waals surface area contributed by atoms with Crippen molar-refractivity contribution in [1.29, 1.82) is 0 Å². The molecule has 0 radical (unpaired) electrons. The molecule has 2 aromatic rings. The van der Waals surface area contributed by atoms with Gasteiger partial charge in [0.2, 0.25) is 17.7 Å². The smallest absolute Gasteiger partial charge is 0.326 e. The van der Waals surface area contributed by atoms with E-state index in [4.69, 9.17) is 17.2 Å². The highest BCUT2D eigenvalue weighted by Gasteiger charge is 2.38. The van der Waals surface area contributed by atoms with Crippen molar-refractivity contribution in [3.05, 3.63) is 36.0 Å². The minimum absolute atomic E-state index is 0.0158. The Morgan fingerprint density at radius 1 is 1.18 bits per heavy atom. The molecule has 218 valence electrons. The lowest BCUT2D eigenvalue weighted by molar-refractivity contribution is -0.143. The van der Waals surface area contributed by atoms with Gasteiger partial charge in [-0.2, -0.15) is 0 Å². The van der Waals surface area contributed by atoms with Gasteiger partial charge in [-0.1, -0.05) is 18.2 Å². The number of carbonyl (C=O) groups excluding carboxylic acids is 3. The van der Waals surface area contributed by atoms with E-state index in [2.05, 4.69) is 20.6 Å². The Morgan fingerprint density at radius 3 is 2.58 bits per heavy atom. The topological polar surface area (TPSA) is 242 Å². The molecule has 3 amide bonds. The fourth-order valence-corrected chi connectivity index (χ4v) is 4.73. The SMILES string of the molecule is CC(O)C(N)C(=O)N1CCCC1C(=O)NC(CCCN=C(N)N)C(=O)NC(Cc1c[nH]c2ccccc12)C(=O)O. The lowest BCUT2D eigenvalue weighted by Gasteiger charge is -2.29. The zero-order valence-corrected chi connectivity index (χ0v) is 22.4. The maximum Gasteiger partial charge on any atom is 0.326 e. The van der Waals surface area contributed by atoms with Crippen molar-refractivity contribution >= 4 is 40.6 Å². The molecule has 14 heteroatoms. The van der Waals surface area contributed by atoms with Crippen LogP contribution in [-0.4, -0.2) is 93.1 Å². The number of hydrogen-bond donors (Lipinski definition) is 8. The zero-order valence-electron chi connectivity index (χ0n) is 22.4. The van der Waals surface area contributed by atoms with Gasteiger partial charge < -0.3 is 47.9 Å². The summed E-state index contributed by atoms with van der Waals surface area (Å²) >= 11 is 0. The van der Waals surface area contributed by atoms with Crippen LogP contribution in [0.15, 0.2) is 35.5 Å². The zero-order chi connectivity index (χ0) is 29.4. The van der Waals surface area contributed by atoms with E-state index in [9.17, 15) is 29.4 Å². The first-order valence-electron chi connectivity index (χ1n) is 13.2. The molecule has 14 nitrogen and oxygen atoms in total. The van der Waals surface area contributed by atoms with Gasteiger partial charge in [0.1, 0.15) is 24.2 Å². The van der Waals surface area contributed by atoms with Crippen LogP contribution in [0.4, 0.5) is 0 Å². The first-order chi connectivity index (χ1) is 19.0. The quantitative estimate of drug-likeness (QED) is 0.0810. The fraction of sp³-hybridized carbons (Fsp3) is 0.500. The average Bonchev–Trinajstić information content (AvgIpc) is 3.56. The van der Waals surface area contributed by atoms with Crippen molar-refractivity contribution in [3.63, 3.8) is 0 Å². The molecule has 5 unspecified atom stereocenters. The van der Waals surface area contributed by atoms with Gasteiger partial charge in [-0.3, -0.25) is 19.4 Å². The summed E-state index contributed by atoms with van der Waals surface area (Å²) in [6, 6.07) is 2.95. The predicted molar refractivity (Wildman–Crippen MR) is 148 cm³/mol. The van der Waals surface area contributed by atoms with Gasteiger partial charge in [0.05, 0.1) is 6.10 Å². The van der Waals surface area contributed by atoms with Crippen LogP contribution in [0.25, 0.3) is 10.9 Å². The first kappa shape index (κ1) is 30.4. The van der Waals surface area contributed by atoms with Gasteiger partial charge in [-0.15, -0.1) is 0 Å². The number of nitrogens with one attached hydrogen (secondary N) is 3. The molecular formula is C26H38N8O6. The Hall–Kier alpha value is -4.17. The highest BCUT2D eigenvalue weighted by atomic mass is 16.4. The lowest BCUT2D eigenvalue weighted by Crippen LogP contribution is -2.57. The van der Waals surface area contributed by atoms with Crippen LogP contribution in [0.1, 0.15) is 38.2 Å². The largest absolute Gasteiger partial charge is 0.480 e. The molecule has 0 spiro atoms. The molecular weight excluding hydrogens is 520 g/mol. The van der Waals surface area contributed by atoms with E-state index in [1.54, 1.807) is 6.20 Å². The average molecular weight is 559 g/mol. The molecule has 1 aromatic heterocycles. The summed E-state index contributed by atoms with van der Waals surface area (Å²) in [5.41, 5.74) is 18.1. The Labute approximate surface area is 231 Å². The number of carboxylic acids is 1. The molecule has 1 saturated heterocycles. The van der Waals surface area contributed by atoms with E-state index in [1.807, 2.05) is 24.3 Å². The summed E-state index contributed by atoms with van der Waals surface area (Å²) in [5.74, 6) is -3.18. The molecule has 1 aliphatic rings. The van der Waals surface area contributed by atoms with Crippen LogP contribution in [0.5, 0.6) is 0 Å². The van der Waals surface area contributed by atoms with Crippen LogP contribution >= 0.6 is 0 Å². The summed E-state index contributed by atoms with van der Waals surface area (Å²) < 4.78 is 0. The Morgan fingerprint density at radius 2 is 1.90 bits per heavy atom. The molecule has 1 aliphatic heterocycles. The van der Waals surface area contributed by atoms with Crippen molar-refractivity contribution in [1.82, 2.24) is 20.5 Å². The van der Waals surface area contributed by atoms with Gasteiger partial charge in [-0.05, 0) is 44.2 Å². The number of rotatable bonds is 13. The molecule has 1 aromatic carbocycles. The molecule has 1 fully saturated rings. The van der Waals surface area contributed by atoms with E-state index in [0.717, 1.165) is 10.9 Å². The third kappa shape index (κ3) is 7.70. The number of aromatic amines is 1. The first-order valence-corrected chi connectivity index (χ1v) is 13.2. The number of aliphatic hydroxyl groups excluding tert-OH is 1. The maximum atomic E-state index is 13.3. The Kier molecular flexibility index (Phi) is 10.4.